The van der Waals surface area contributed by atoms with Gasteiger partial charge in [0.25, 0.3) is 0 Å². The largest absolute Gasteiger partial charge is 0.480 e. The predicted octanol–water partition coefficient (Wildman–Crippen LogP) is 0.187. The molecule has 0 aliphatic heterocycles. The average molecular weight is 206 g/mol. The molecule has 0 unspecified atom stereocenters. The molecule has 0 amide bonds. The maximum Gasteiger partial charge on any atom is 0.342 e. The number of hydrogen-bond acceptors (Lipinski definition) is 5. The van der Waals surface area contributed by atoms with E-state index in [9.17, 15) is 4.79 Å². The van der Waals surface area contributed by atoms with Crippen LogP contribution in [0.1, 0.15) is 10.4 Å². The number of carboxylic acid groups (broad SMARTS) is 1. The summed E-state index contributed by atoms with van der Waals surface area (Å²) in [5.74, 6) is -1.20. The zero-order valence-corrected chi connectivity index (χ0v) is 7.54. The van der Waals surface area contributed by atoms with E-state index in [-0.39, 0.29) is 29.8 Å². The van der Waals surface area contributed by atoms with Gasteiger partial charge in [0.1, 0.15) is 5.56 Å². The molecule has 1 aromatic heterocycles. The summed E-state index contributed by atoms with van der Waals surface area (Å²) < 4.78 is 4.68. The summed E-state index contributed by atoms with van der Waals surface area (Å²) in [5, 5.41) is 8.59. The maximum atomic E-state index is 10.5. The van der Waals surface area contributed by atoms with Crippen molar-refractivity contribution in [3.63, 3.8) is 0 Å². The van der Waals surface area contributed by atoms with Crippen LogP contribution in [0.4, 0.5) is 5.95 Å². The van der Waals surface area contributed by atoms with Crippen molar-refractivity contribution in [1.29, 1.82) is 0 Å². The topological polar surface area (TPSA) is 98.3 Å². The van der Waals surface area contributed by atoms with Crippen LogP contribution in [-0.4, -0.2) is 28.2 Å². The number of carbonyl (C=O) groups is 1. The summed E-state index contributed by atoms with van der Waals surface area (Å²) in [7, 11) is 1.31. The van der Waals surface area contributed by atoms with Gasteiger partial charge in [-0.15, -0.1) is 12.4 Å². The van der Waals surface area contributed by atoms with Crippen LogP contribution in [-0.2, 0) is 0 Å². The molecule has 13 heavy (non-hydrogen) atoms. The number of nitrogens with zero attached hydrogens (tertiary/aromatic N) is 2. The minimum absolute atomic E-state index is 0. The minimum Gasteiger partial charge on any atom is -0.480 e. The number of nitrogen functional groups attached to an aromatic ring is 1. The SMILES string of the molecule is COc1nc(N)ncc1C(=O)O.Cl. The van der Waals surface area contributed by atoms with Crippen LogP contribution in [0.5, 0.6) is 5.88 Å². The third-order valence-corrected chi connectivity index (χ3v) is 1.20. The van der Waals surface area contributed by atoms with Crippen LogP contribution in [0.3, 0.4) is 0 Å². The Bertz CT molecular complexity index is 318. The predicted molar refractivity (Wildman–Crippen MR) is 47.2 cm³/mol. The molecule has 0 aliphatic rings. The Balaban J connectivity index is 0.00000144. The van der Waals surface area contributed by atoms with Crippen LogP contribution >= 0.6 is 12.4 Å². The number of methoxy groups -OCH3 is 1. The van der Waals surface area contributed by atoms with E-state index in [1.54, 1.807) is 0 Å². The number of hydrogen-bond donors (Lipinski definition) is 2. The lowest BCUT2D eigenvalue weighted by molar-refractivity contribution is 0.0692. The Labute approximate surface area is 80.2 Å². The average Bonchev–Trinajstić information content (AvgIpc) is 2.03. The molecule has 7 heteroatoms. The van der Waals surface area contributed by atoms with Crippen LogP contribution in [0.2, 0.25) is 0 Å². The summed E-state index contributed by atoms with van der Waals surface area (Å²) >= 11 is 0. The van der Waals surface area contributed by atoms with Crippen LogP contribution in [0, 0.1) is 0 Å². The Kier molecular flexibility index (Phi) is 3.93. The Hall–Kier alpha value is -1.56. The maximum absolute atomic E-state index is 10.5. The van der Waals surface area contributed by atoms with Gasteiger partial charge < -0.3 is 15.6 Å². The van der Waals surface area contributed by atoms with Gasteiger partial charge in [-0.3, -0.25) is 0 Å². The molecule has 1 rings (SSSR count). The first-order valence-corrected chi connectivity index (χ1v) is 3.05. The molecule has 1 heterocycles. The number of halogens is 1. The van der Waals surface area contributed by atoms with E-state index in [2.05, 4.69) is 14.7 Å². The zero-order chi connectivity index (χ0) is 9.14. The molecule has 72 valence electrons. The van der Waals surface area contributed by atoms with E-state index >= 15 is 0 Å². The molecule has 0 atom stereocenters. The van der Waals surface area contributed by atoms with Gasteiger partial charge in [0, 0.05) is 0 Å². The summed E-state index contributed by atoms with van der Waals surface area (Å²) in [6.45, 7) is 0. The molecule has 0 fully saturated rings. The highest BCUT2D eigenvalue weighted by atomic mass is 35.5. The van der Waals surface area contributed by atoms with Crippen molar-refractivity contribution in [1.82, 2.24) is 9.97 Å². The molecule has 0 spiro atoms. The van der Waals surface area contributed by atoms with E-state index in [1.807, 2.05) is 0 Å². The van der Waals surface area contributed by atoms with Crippen molar-refractivity contribution in [3.8, 4) is 5.88 Å². The van der Waals surface area contributed by atoms with Gasteiger partial charge in [0.2, 0.25) is 11.8 Å². The third-order valence-electron chi connectivity index (χ3n) is 1.20. The minimum atomic E-state index is -1.15. The highest BCUT2D eigenvalue weighted by Gasteiger charge is 2.12. The fourth-order valence-corrected chi connectivity index (χ4v) is 0.681. The molecular formula is C6H8ClN3O3. The molecule has 3 N–H and O–H groups in total. The van der Waals surface area contributed by atoms with Crippen LogP contribution in [0.25, 0.3) is 0 Å². The highest BCUT2D eigenvalue weighted by molar-refractivity contribution is 5.89. The van der Waals surface area contributed by atoms with Gasteiger partial charge in [-0.25, -0.2) is 9.78 Å². The van der Waals surface area contributed by atoms with Crippen molar-refractivity contribution in [2.24, 2.45) is 0 Å². The molecule has 0 aromatic carbocycles. The molecule has 0 aliphatic carbocycles. The van der Waals surface area contributed by atoms with Crippen LogP contribution in [0.15, 0.2) is 6.20 Å². The zero-order valence-electron chi connectivity index (χ0n) is 6.72. The summed E-state index contributed by atoms with van der Waals surface area (Å²) in [6.07, 6.45) is 1.10. The number of carboxylic acids is 1. The van der Waals surface area contributed by atoms with Crippen molar-refractivity contribution in [2.45, 2.75) is 0 Å². The Morgan fingerprint density at radius 1 is 1.69 bits per heavy atom. The lowest BCUT2D eigenvalue weighted by Crippen LogP contribution is -2.05. The van der Waals surface area contributed by atoms with Gasteiger partial charge in [-0.2, -0.15) is 4.98 Å². The van der Waals surface area contributed by atoms with Crippen LogP contribution < -0.4 is 10.5 Å². The van der Waals surface area contributed by atoms with E-state index in [1.165, 1.54) is 7.11 Å². The van der Waals surface area contributed by atoms with Crippen molar-refractivity contribution in [3.05, 3.63) is 11.8 Å². The smallest absolute Gasteiger partial charge is 0.342 e. The fourth-order valence-electron chi connectivity index (χ4n) is 0.681. The molecule has 1 aromatic rings. The normalized spacial score (nSPS) is 8.69. The number of aromatic nitrogens is 2. The molecule has 0 bridgehead atoms. The number of anilines is 1. The second-order valence-electron chi connectivity index (χ2n) is 1.96. The van der Waals surface area contributed by atoms with Gasteiger partial charge in [-0.05, 0) is 0 Å². The summed E-state index contributed by atoms with van der Waals surface area (Å²) in [6, 6.07) is 0. The molecule has 6 nitrogen and oxygen atoms in total. The Morgan fingerprint density at radius 2 is 2.31 bits per heavy atom. The number of aromatic carboxylic acids is 1. The molecule has 0 saturated heterocycles. The molecular weight excluding hydrogens is 198 g/mol. The highest BCUT2D eigenvalue weighted by Crippen LogP contribution is 2.13. The summed E-state index contributed by atoms with van der Waals surface area (Å²) in [5.41, 5.74) is 5.10. The van der Waals surface area contributed by atoms with Crippen molar-refractivity contribution < 1.29 is 14.6 Å². The number of ether oxygens (including phenoxy) is 1. The lowest BCUT2D eigenvalue weighted by atomic mass is 10.3. The first kappa shape index (κ1) is 11.4. The van der Waals surface area contributed by atoms with Gasteiger partial charge in [0.05, 0.1) is 13.3 Å². The standard InChI is InChI=1S/C6H7N3O3.ClH/c1-12-4-3(5(10)11)2-8-6(7)9-4;/h2H,1H3,(H,10,11)(H2,7,8,9);1H. The van der Waals surface area contributed by atoms with Gasteiger partial charge >= 0.3 is 5.97 Å². The van der Waals surface area contributed by atoms with Gasteiger partial charge in [0.15, 0.2) is 0 Å². The monoisotopic (exact) mass is 205 g/mol. The number of nitrogens with two attached hydrogens (primary N) is 1. The van der Waals surface area contributed by atoms with E-state index in [0.29, 0.717) is 0 Å². The molecule has 0 saturated carbocycles. The first-order valence-electron chi connectivity index (χ1n) is 3.05. The lowest BCUT2D eigenvalue weighted by Gasteiger charge is -2.02. The Morgan fingerprint density at radius 3 is 2.77 bits per heavy atom. The fraction of sp³-hybridized carbons (Fsp3) is 0.167. The van der Waals surface area contributed by atoms with E-state index in [4.69, 9.17) is 10.8 Å². The number of rotatable bonds is 2. The van der Waals surface area contributed by atoms with Crippen molar-refractivity contribution >= 4 is 24.3 Å². The second kappa shape index (κ2) is 4.46. The summed E-state index contributed by atoms with van der Waals surface area (Å²) in [4.78, 5) is 17.6. The van der Waals surface area contributed by atoms with E-state index < -0.39 is 5.97 Å². The third kappa shape index (κ3) is 2.45. The molecule has 0 radical (unpaired) electrons. The quantitative estimate of drug-likeness (QED) is 0.715. The second-order valence-corrected chi connectivity index (χ2v) is 1.96. The van der Waals surface area contributed by atoms with E-state index in [0.717, 1.165) is 6.20 Å². The van der Waals surface area contributed by atoms with Crippen molar-refractivity contribution in [2.75, 3.05) is 12.8 Å². The first-order chi connectivity index (χ1) is 5.65. The van der Waals surface area contributed by atoms with Gasteiger partial charge in [-0.1, -0.05) is 0 Å².